The Kier molecular flexibility index (Phi) is 7.24. The minimum absolute atomic E-state index is 0.0388. The number of nitrogens with zero attached hydrogens (tertiary/aromatic N) is 5. The average molecular weight is 477 g/mol. The highest BCUT2D eigenvalue weighted by molar-refractivity contribution is 5.79. The molecular formula is C23H27F3N6O2. The fourth-order valence-electron chi connectivity index (χ4n) is 4.73. The number of ether oxygens (including phenoxy) is 1. The second kappa shape index (κ2) is 10.3. The van der Waals surface area contributed by atoms with Crippen molar-refractivity contribution < 1.29 is 22.4 Å². The van der Waals surface area contributed by atoms with Gasteiger partial charge in [-0.2, -0.15) is 23.4 Å². The van der Waals surface area contributed by atoms with E-state index in [4.69, 9.17) is 20.3 Å². The van der Waals surface area contributed by atoms with Gasteiger partial charge in [-0.15, -0.1) is 4.99 Å². The number of halogens is 3. The fourth-order valence-corrected chi connectivity index (χ4v) is 4.73. The summed E-state index contributed by atoms with van der Waals surface area (Å²) in [5.74, 6) is 0.612. The summed E-state index contributed by atoms with van der Waals surface area (Å²) in [7, 11) is 0. The molecular weight excluding hydrogens is 449 g/mol. The van der Waals surface area contributed by atoms with Crippen LogP contribution in [0.25, 0.3) is 11.4 Å². The van der Waals surface area contributed by atoms with Crippen LogP contribution in [0.1, 0.15) is 68.9 Å². The molecule has 0 amide bonds. The van der Waals surface area contributed by atoms with Crippen LogP contribution in [-0.4, -0.2) is 34.2 Å². The van der Waals surface area contributed by atoms with Crippen LogP contribution in [0.15, 0.2) is 27.7 Å². The van der Waals surface area contributed by atoms with Crippen molar-refractivity contribution in [2.24, 2.45) is 16.6 Å². The molecule has 2 fully saturated rings. The average Bonchev–Trinajstić information content (AvgIpc) is 3.49. The van der Waals surface area contributed by atoms with Crippen LogP contribution < -0.4 is 10.5 Å². The van der Waals surface area contributed by atoms with Gasteiger partial charge in [0.1, 0.15) is 11.8 Å². The second-order valence-corrected chi connectivity index (χ2v) is 8.73. The highest BCUT2D eigenvalue weighted by atomic mass is 19.4. The van der Waals surface area contributed by atoms with Gasteiger partial charge in [0.15, 0.2) is 0 Å². The number of nitrogens with two attached hydrogens (primary N) is 1. The van der Waals surface area contributed by atoms with E-state index in [9.17, 15) is 13.2 Å². The summed E-state index contributed by atoms with van der Waals surface area (Å²) in [5, 5.41) is 12.6. The molecule has 11 heteroatoms. The lowest BCUT2D eigenvalue weighted by Crippen LogP contribution is -2.36. The van der Waals surface area contributed by atoms with Crippen molar-refractivity contribution in [2.75, 3.05) is 13.2 Å². The molecule has 0 radical (unpaired) electrons. The molecule has 0 spiro atoms. The minimum Gasteiger partial charge on any atom is -0.493 e. The highest BCUT2D eigenvalue weighted by Crippen LogP contribution is 2.39. The Hall–Kier alpha value is -3.29. The quantitative estimate of drug-likeness (QED) is 0.353. The first-order valence-corrected chi connectivity index (χ1v) is 11.5. The SMILES string of the molecule is N#CN=C(N)N1CCC[C@H]1c1nc(-c2ccc(OCCC3CCCCC3)c(C(F)(F)F)c2)no1. The minimum atomic E-state index is -4.59. The van der Waals surface area contributed by atoms with E-state index in [1.165, 1.54) is 31.4 Å². The van der Waals surface area contributed by atoms with Gasteiger partial charge in [-0.05, 0) is 43.4 Å². The smallest absolute Gasteiger partial charge is 0.419 e. The lowest BCUT2D eigenvalue weighted by molar-refractivity contribution is -0.138. The van der Waals surface area contributed by atoms with Crippen molar-refractivity contribution in [1.82, 2.24) is 15.0 Å². The lowest BCUT2D eigenvalue weighted by Gasteiger charge is -2.22. The van der Waals surface area contributed by atoms with E-state index in [-0.39, 0.29) is 41.6 Å². The monoisotopic (exact) mass is 476 g/mol. The van der Waals surface area contributed by atoms with Crippen molar-refractivity contribution >= 4 is 5.96 Å². The number of aromatic nitrogens is 2. The Morgan fingerprint density at radius 2 is 2.03 bits per heavy atom. The van der Waals surface area contributed by atoms with Gasteiger partial charge >= 0.3 is 6.18 Å². The van der Waals surface area contributed by atoms with Gasteiger partial charge in [-0.25, -0.2) is 0 Å². The maximum absolute atomic E-state index is 13.8. The molecule has 4 rings (SSSR count). The Labute approximate surface area is 195 Å². The molecule has 1 saturated heterocycles. The molecule has 1 aromatic carbocycles. The second-order valence-electron chi connectivity index (χ2n) is 8.73. The number of rotatable bonds is 6. The summed E-state index contributed by atoms with van der Waals surface area (Å²) >= 11 is 0. The zero-order chi connectivity index (χ0) is 24.1. The van der Waals surface area contributed by atoms with E-state index in [1.54, 1.807) is 11.1 Å². The summed E-state index contributed by atoms with van der Waals surface area (Å²) in [6.07, 6.45) is 5.03. The Morgan fingerprint density at radius 1 is 1.24 bits per heavy atom. The third-order valence-corrected chi connectivity index (χ3v) is 6.49. The third kappa shape index (κ3) is 5.43. The molecule has 1 aliphatic heterocycles. The predicted octanol–water partition coefficient (Wildman–Crippen LogP) is 5.04. The van der Waals surface area contributed by atoms with E-state index in [1.807, 2.05) is 0 Å². The molecule has 1 aliphatic carbocycles. The van der Waals surface area contributed by atoms with E-state index in [0.29, 0.717) is 18.9 Å². The number of alkyl halides is 3. The molecule has 2 aromatic rings. The number of nitriles is 1. The zero-order valence-corrected chi connectivity index (χ0v) is 18.7. The molecule has 182 valence electrons. The first kappa shape index (κ1) is 23.9. The van der Waals surface area contributed by atoms with E-state index < -0.39 is 11.7 Å². The molecule has 1 saturated carbocycles. The topological polar surface area (TPSA) is 114 Å². The third-order valence-electron chi connectivity index (χ3n) is 6.49. The van der Waals surface area contributed by atoms with Crippen LogP contribution in [0.4, 0.5) is 13.2 Å². The zero-order valence-electron chi connectivity index (χ0n) is 18.7. The van der Waals surface area contributed by atoms with Crippen molar-refractivity contribution in [3.8, 4) is 23.3 Å². The van der Waals surface area contributed by atoms with Crippen molar-refractivity contribution in [3.63, 3.8) is 0 Å². The maximum Gasteiger partial charge on any atom is 0.419 e. The van der Waals surface area contributed by atoms with E-state index in [2.05, 4.69) is 15.1 Å². The van der Waals surface area contributed by atoms with E-state index >= 15 is 0 Å². The molecule has 34 heavy (non-hydrogen) atoms. The molecule has 0 unspecified atom stereocenters. The summed E-state index contributed by atoms with van der Waals surface area (Å²) in [5.41, 5.74) is 5.14. The molecule has 2 N–H and O–H groups in total. The number of hydrogen-bond donors (Lipinski definition) is 1. The van der Waals surface area contributed by atoms with Crippen LogP contribution >= 0.6 is 0 Å². The Balaban J connectivity index is 1.51. The summed E-state index contributed by atoms with van der Waals surface area (Å²) in [6.45, 7) is 0.813. The van der Waals surface area contributed by atoms with Gasteiger partial charge in [-0.1, -0.05) is 37.3 Å². The molecule has 1 aromatic heterocycles. The number of benzene rings is 1. The van der Waals surface area contributed by atoms with Crippen LogP contribution in [0.2, 0.25) is 0 Å². The van der Waals surface area contributed by atoms with Gasteiger partial charge in [0, 0.05) is 12.1 Å². The number of aliphatic imine (C=N–C) groups is 1. The highest BCUT2D eigenvalue weighted by Gasteiger charge is 2.36. The molecule has 0 bridgehead atoms. The van der Waals surface area contributed by atoms with Crippen molar-refractivity contribution in [1.29, 1.82) is 5.26 Å². The van der Waals surface area contributed by atoms with Crippen LogP contribution in [0.5, 0.6) is 5.75 Å². The molecule has 2 heterocycles. The Bertz CT molecular complexity index is 1060. The summed E-state index contributed by atoms with van der Waals surface area (Å²) in [6, 6.07) is 3.41. The van der Waals surface area contributed by atoms with Crippen LogP contribution in [0.3, 0.4) is 0 Å². The van der Waals surface area contributed by atoms with Gasteiger partial charge < -0.3 is 19.9 Å². The lowest BCUT2D eigenvalue weighted by atomic mass is 9.87. The summed E-state index contributed by atoms with van der Waals surface area (Å²) in [4.78, 5) is 9.53. The van der Waals surface area contributed by atoms with Crippen LogP contribution in [-0.2, 0) is 6.18 Å². The molecule has 8 nitrogen and oxygen atoms in total. The Morgan fingerprint density at radius 3 is 2.76 bits per heavy atom. The first-order valence-electron chi connectivity index (χ1n) is 11.5. The number of guanidine groups is 1. The number of hydrogen-bond acceptors (Lipinski definition) is 6. The van der Waals surface area contributed by atoms with Gasteiger partial charge in [-0.3, -0.25) is 0 Å². The van der Waals surface area contributed by atoms with Crippen LogP contribution in [0, 0.1) is 17.4 Å². The molecule has 2 aliphatic rings. The summed E-state index contributed by atoms with van der Waals surface area (Å²) < 4.78 is 52.3. The number of likely N-dealkylation sites (tertiary alicyclic amines) is 1. The predicted molar refractivity (Wildman–Crippen MR) is 117 cm³/mol. The standard InChI is InChI=1S/C23H27F3N6O2/c24-23(25,26)17-13-16(8-9-19(17)33-12-10-15-5-2-1-3-6-15)20-30-21(34-31-20)18-7-4-11-32(18)22(28)29-14-27/h8-9,13,15,18H,1-7,10-12H2,(H2,28,29)/t18-/m0/s1. The van der Waals surface area contributed by atoms with Crippen molar-refractivity contribution in [3.05, 3.63) is 29.7 Å². The molecule has 1 atom stereocenters. The first-order chi connectivity index (χ1) is 16.4. The fraction of sp³-hybridized carbons (Fsp3) is 0.565. The van der Waals surface area contributed by atoms with Gasteiger partial charge in [0.2, 0.25) is 23.9 Å². The van der Waals surface area contributed by atoms with Gasteiger partial charge in [0.25, 0.3) is 0 Å². The van der Waals surface area contributed by atoms with Gasteiger partial charge in [0.05, 0.1) is 12.2 Å². The normalized spacial score (nSPS) is 19.9. The largest absolute Gasteiger partial charge is 0.493 e. The maximum atomic E-state index is 13.8. The van der Waals surface area contributed by atoms with Crippen molar-refractivity contribution in [2.45, 2.75) is 63.6 Å². The van der Waals surface area contributed by atoms with E-state index in [0.717, 1.165) is 31.7 Å².